The Labute approximate surface area is 50.8 Å². The number of nitrogens with zero attached hydrogens (tertiary/aromatic N) is 1. The van der Waals surface area contributed by atoms with Gasteiger partial charge < -0.3 is 0 Å². The van der Waals surface area contributed by atoms with E-state index in [2.05, 4.69) is 11.1 Å². The third-order valence-electron chi connectivity index (χ3n) is 0.732. The fraction of sp³-hybridized carbons (Fsp3) is 0.600. The van der Waals surface area contributed by atoms with Gasteiger partial charge in [-0.05, 0) is 11.8 Å². The zero-order chi connectivity index (χ0) is 6.62. The van der Waals surface area contributed by atoms with Crippen LogP contribution in [0, 0.1) is 0 Å². The van der Waals surface area contributed by atoms with E-state index in [0.717, 1.165) is 6.42 Å². The van der Waals surface area contributed by atoms with Crippen LogP contribution in [0.4, 0.5) is 0 Å². The van der Waals surface area contributed by atoms with Gasteiger partial charge in [-0.25, -0.2) is 8.61 Å². The fourth-order valence-corrected chi connectivity index (χ4v) is 1.09. The van der Waals surface area contributed by atoms with Gasteiger partial charge in [-0.3, -0.25) is 0 Å². The molecule has 0 saturated heterocycles. The van der Waals surface area contributed by atoms with Gasteiger partial charge in [-0.15, -0.1) is 0 Å². The van der Waals surface area contributed by atoms with Gasteiger partial charge in [0.15, 0.2) is 0 Å². The van der Waals surface area contributed by atoms with Crippen LogP contribution in [-0.2, 0) is 9.71 Å². The van der Waals surface area contributed by atoms with Gasteiger partial charge in [0.25, 0.3) is 0 Å². The Hall–Kier alpha value is -0.310. The Balaban J connectivity index is 4.35. The summed E-state index contributed by atoms with van der Waals surface area (Å²) in [4.78, 5) is 0. The summed E-state index contributed by atoms with van der Waals surface area (Å²) in [5, 5.41) is 1.67. The Morgan fingerprint density at radius 1 is 1.88 bits per heavy atom. The molecule has 0 radical (unpaired) electrons. The highest BCUT2D eigenvalue weighted by atomic mass is 32.2. The zero-order valence-electron chi connectivity index (χ0n) is 5.26. The van der Waals surface area contributed by atoms with Crippen LogP contribution in [0.5, 0.6) is 0 Å². The third-order valence-corrected chi connectivity index (χ3v) is 2.20. The molecule has 0 fully saturated rings. The molecular formula is C5H11NOS. The summed E-state index contributed by atoms with van der Waals surface area (Å²) < 4.78 is 14.3. The van der Waals surface area contributed by atoms with Crippen molar-refractivity contribution in [3.63, 3.8) is 0 Å². The molecule has 1 unspecified atom stereocenters. The normalized spacial score (nSPS) is 16.8. The van der Waals surface area contributed by atoms with Crippen molar-refractivity contribution in [1.29, 1.82) is 0 Å². The average Bonchev–Trinajstić information content (AvgIpc) is 1.67. The van der Waals surface area contributed by atoms with Gasteiger partial charge in [0.05, 0.1) is 9.71 Å². The molecule has 0 aliphatic carbocycles. The van der Waals surface area contributed by atoms with Crippen LogP contribution in [0.15, 0.2) is 4.40 Å². The van der Waals surface area contributed by atoms with Crippen molar-refractivity contribution in [1.82, 2.24) is 0 Å². The third kappa shape index (κ3) is 2.80. The molecule has 0 rings (SSSR count). The summed E-state index contributed by atoms with van der Waals surface area (Å²) in [5.41, 5.74) is 0. The Morgan fingerprint density at radius 3 is 2.50 bits per heavy atom. The zero-order valence-corrected chi connectivity index (χ0v) is 6.07. The summed E-state index contributed by atoms with van der Waals surface area (Å²) in [6, 6.07) is 0. The molecule has 8 heavy (non-hydrogen) atoms. The van der Waals surface area contributed by atoms with Crippen LogP contribution in [0.25, 0.3) is 0 Å². The van der Waals surface area contributed by atoms with Crippen LogP contribution < -0.4 is 0 Å². The van der Waals surface area contributed by atoms with E-state index in [1.54, 1.807) is 11.6 Å². The first-order valence-corrected chi connectivity index (χ1v) is 4.41. The molecule has 48 valence electrons. The molecule has 0 bridgehead atoms. The number of rotatable bonds is 2. The van der Waals surface area contributed by atoms with Crippen molar-refractivity contribution >= 4 is 21.8 Å². The smallest absolute Gasteiger partial charge is 0.0652 e. The molecule has 0 aliphatic heterocycles. The van der Waals surface area contributed by atoms with Crippen molar-refractivity contribution in [3.05, 3.63) is 0 Å². The van der Waals surface area contributed by atoms with Gasteiger partial charge in [0.1, 0.15) is 0 Å². The molecule has 0 aliphatic rings. The van der Waals surface area contributed by atoms with E-state index in [9.17, 15) is 4.21 Å². The van der Waals surface area contributed by atoms with Gasteiger partial charge in [0, 0.05) is 13.0 Å². The lowest BCUT2D eigenvalue weighted by molar-refractivity contribution is 0.686. The molecule has 0 aromatic heterocycles. The van der Waals surface area contributed by atoms with E-state index in [4.69, 9.17) is 0 Å². The molecule has 3 heteroatoms. The van der Waals surface area contributed by atoms with Gasteiger partial charge >= 0.3 is 0 Å². The highest BCUT2D eigenvalue weighted by Gasteiger charge is 1.86. The maximum Gasteiger partial charge on any atom is 0.0652 e. The minimum atomic E-state index is -2.03. The standard InChI is InChI=1S/C5H11NOS/c1-4-5-8(3,7)6-2/h5H,2,4H2,1,3H3. The van der Waals surface area contributed by atoms with E-state index in [-0.39, 0.29) is 0 Å². The molecule has 0 saturated carbocycles. The van der Waals surface area contributed by atoms with Crippen LogP contribution >= 0.6 is 0 Å². The first kappa shape index (κ1) is 7.69. The maximum absolute atomic E-state index is 10.9. The second kappa shape index (κ2) is 2.87. The van der Waals surface area contributed by atoms with Crippen LogP contribution in [0.1, 0.15) is 13.3 Å². The Morgan fingerprint density at radius 2 is 2.38 bits per heavy atom. The molecule has 0 N–H and O–H groups in total. The van der Waals surface area contributed by atoms with Crippen LogP contribution in [0.2, 0.25) is 0 Å². The predicted molar refractivity (Wildman–Crippen MR) is 40.0 cm³/mol. The van der Waals surface area contributed by atoms with Crippen molar-refractivity contribution < 1.29 is 4.21 Å². The highest BCUT2D eigenvalue weighted by molar-refractivity contribution is 7.99. The molecular weight excluding hydrogens is 122 g/mol. The monoisotopic (exact) mass is 133 g/mol. The number of hydrogen-bond acceptors (Lipinski definition) is 1. The fourth-order valence-electron chi connectivity index (χ4n) is 0.362. The summed E-state index contributed by atoms with van der Waals surface area (Å²) in [7, 11) is -2.03. The SMILES string of the molecule is C=NS(C)(=O)=CCC. The van der Waals surface area contributed by atoms with Crippen molar-refractivity contribution in [2.75, 3.05) is 6.26 Å². The lowest BCUT2D eigenvalue weighted by Gasteiger charge is -1.90. The van der Waals surface area contributed by atoms with E-state index < -0.39 is 9.71 Å². The molecule has 0 aromatic carbocycles. The second-order valence-corrected chi connectivity index (χ2v) is 3.88. The Bertz CT molecular complexity index is 177. The molecule has 1 atom stereocenters. The van der Waals surface area contributed by atoms with Crippen molar-refractivity contribution in [2.45, 2.75) is 13.3 Å². The first-order chi connectivity index (χ1) is 3.62. The maximum atomic E-state index is 10.9. The van der Waals surface area contributed by atoms with E-state index in [1.807, 2.05) is 6.92 Å². The summed E-state index contributed by atoms with van der Waals surface area (Å²) in [5.74, 6) is 0. The summed E-state index contributed by atoms with van der Waals surface area (Å²) in [6.45, 7) is 5.12. The van der Waals surface area contributed by atoms with Crippen LogP contribution in [0.3, 0.4) is 0 Å². The minimum absolute atomic E-state index is 0.786. The predicted octanol–water partition coefficient (Wildman–Crippen LogP) is 0.728. The molecule has 2 nitrogen and oxygen atoms in total. The first-order valence-electron chi connectivity index (χ1n) is 2.42. The van der Waals surface area contributed by atoms with E-state index in [1.165, 1.54) is 0 Å². The van der Waals surface area contributed by atoms with Gasteiger partial charge in [-0.1, -0.05) is 6.92 Å². The molecule has 0 spiro atoms. The summed E-state index contributed by atoms with van der Waals surface area (Å²) in [6.07, 6.45) is 2.36. The lowest BCUT2D eigenvalue weighted by atomic mass is 10.6. The molecule has 0 amide bonds. The lowest BCUT2D eigenvalue weighted by Crippen LogP contribution is -1.93. The highest BCUT2D eigenvalue weighted by Crippen LogP contribution is 1.84. The largest absolute Gasteiger partial charge is 0.246 e. The topological polar surface area (TPSA) is 29.4 Å². The van der Waals surface area contributed by atoms with Crippen LogP contribution in [-0.4, -0.2) is 22.5 Å². The number of hydrogen-bond donors (Lipinski definition) is 0. The van der Waals surface area contributed by atoms with Crippen molar-refractivity contribution in [2.24, 2.45) is 4.40 Å². The van der Waals surface area contributed by atoms with Gasteiger partial charge in [-0.2, -0.15) is 0 Å². The van der Waals surface area contributed by atoms with E-state index in [0.29, 0.717) is 0 Å². The molecule has 0 heterocycles. The average molecular weight is 133 g/mol. The van der Waals surface area contributed by atoms with E-state index >= 15 is 0 Å². The summed E-state index contributed by atoms with van der Waals surface area (Å²) >= 11 is 0. The molecule has 0 aromatic rings. The second-order valence-electron chi connectivity index (χ2n) is 1.57. The van der Waals surface area contributed by atoms with Gasteiger partial charge in [0.2, 0.25) is 0 Å². The Kier molecular flexibility index (Phi) is 2.76. The minimum Gasteiger partial charge on any atom is -0.246 e. The van der Waals surface area contributed by atoms with Crippen molar-refractivity contribution in [3.8, 4) is 0 Å². The quantitative estimate of drug-likeness (QED) is 0.403.